The van der Waals surface area contributed by atoms with Gasteiger partial charge in [0.05, 0.1) is 18.6 Å². The molecule has 2 unspecified atom stereocenters. The van der Waals surface area contributed by atoms with Crippen molar-refractivity contribution in [1.29, 1.82) is 0 Å². The summed E-state index contributed by atoms with van der Waals surface area (Å²) < 4.78 is 11.4. The van der Waals surface area contributed by atoms with E-state index in [1.165, 1.54) is 18.9 Å². The molecule has 0 spiro atoms. The number of carbonyl (C=O) groups is 1. The Balaban J connectivity index is 0.000000527. The fourth-order valence-corrected chi connectivity index (χ4v) is 6.30. The average Bonchev–Trinajstić information content (AvgIpc) is 3.30. The van der Waals surface area contributed by atoms with Crippen LogP contribution in [0.2, 0.25) is 0 Å². The van der Waals surface area contributed by atoms with Crippen molar-refractivity contribution < 1.29 is 43.0 Å². The van der Waals surface area contributed by atoms with Crippen molar-refractivity contribution in [2.45, 2.75) is 56.3 Å². The molecule has 6 rings (SSSR count). The van der Waals surface area contributed by atoms with Gasteiger partial charge in [0, 0.05) is 24.6 Å². The van der Waals surface area contributed by atoms with E-state index in [9.17, 15) is 15.0 Å². The molecule has 0 radical (unpaired) electrons. The first-order valence-electron chi connectivity index (χ1n) is 12.2. The van der Waals surface area contributed by atoms with Gasteiger partial charge in [0.25, 0.3) is 0 Å². The third-order valence-corrected chi connectivity index (χ3v) is 8.40. The van der Waals surface area contributed by atoms with Crippen molar-refractivity contribution in [3.05, 3.63) is 74.2 Å². The zero-order valence-corrected chi connectivity index (χ0v) is 20.7. The van der Waals surface area contributed by atoms with Crippen molar-refractivity contribution in [2.24, 2.45) is 23.2 Å². The molecule has 184 valence electrons. The number of nitrogens with zero attached hydrogens (tertiary/aromatic N) is 1. The van der Waals surface area contributed by atoms with E-state index in [1.54, 1.807) is 42.7 Å². The third kappa shape index (κ3) is 4.32. The van der Waals surface area contributed by atoms with Gasteiger partial charge in [-0.1, -0.05) is 18.9 Å². The molecular weight excluding hydrogens is 437 g/mol. The van der Waals surface area contributed by atoms with E-state index in [2.05, 4.69) is 13.8 Å². The summed E-state index contributed by atoms with van der Waals surface area (Å²) in [6.45, 7) is 7.97. The second-order valence-electron chi connectivity index (χ2n) is 10.3. The van der Waals surface area contributed by atoms with Crippen LogP contribution in [-0.4, -0.2) is 45.8 Å². The standard InChI is InChI=1S/C24H27NO5.C4H7.Li/c1-3-24-20-16-5-6-18(26)21(20)30-22(24)17(9-12-23(24,28)11-8-16)25(2)19(27)7-4-15-10-13-29-14-15;1-4-2-3-4;/h4-7,10-11,13-14,16-17,20,22,26,28H,1,3,8-9,12H2,2H3;4H,1-3H2;/q-2;-1;+1/b7-4+;;/t16?,17-,20?,22+,23+,24+;;/m1../s1. The van der Waals surface area contributed by atoms with Gasteiger partial charge in [-0.25, -0.2) is 0 Å². The van der Waals surface area contributed by atoms with Gasteiger partial charge < -0.3 is 38.1 Å². The van der Waals surface area contributed by atoms with Gasteiger partial charge in [-0.3, -0.25) is 11.2 Å². The van der Waals surface area contributed by atoms with Crippen molar-refractivity contribution in [3.63, 3.8) is 0 Å². The number of rotatable bonds is 4. The van der Waals surface area contributed by atoms with Crippen LogP contribution in [0.3, 0.4) is 0 Å². The fraction of sp³-hybridized carbons (Fsp3) is 0.500. The number of carbonyl (C=O) groups excluding carboxylic acids is 1. The Morgan fingerprint density at radius 2 is 2.11 bits per heavy atom. The molecule has 5 aliphatic rings. The summed E-state index contributed by atoms with van der Waals surface area (Å²) in [5, 5.41) is 22.2. The first-order valence-corrected chi connectivity index (χ1v) is 12.2. The van der Waals surface area contributed by atoms with Gasteiger partial charge in [0.2, 0.25) is 5.91 Å². The van der Waals surface area contributed by atoms with Gasteiger partial charge in [0.1, 0.15) is 11.9 Å². The Hall–Kier alpha value is -1.87. The predicted octanol–water partition coefficient (Wildman–Crippen LogP) is 1.67. The number of likely N-dealkylation sites (N-methyl/N-ethyl adjacent to an activating group) is 1. The van der Waals surface area contributed by atoms with Crippen molar-refractivity contribution in [3.8, 4) is 0 Å². The zero-order valence-electron chi connectivity index (χ0n) is 20.7. The van der Waals surface area contributed by atoms with Crippen molar-refractivity contribution >= 4 is 12.0 Å². The van der Waals surface area contributed by atoms with Crippen LogP contribution in [-0.2, 0) is 9.53 Å². The van der Waals surface area contributed by atoms with Gasteiger partial charge in [-0.05, 0) is 48.0 Å². The van der Waals surface area contributed by atoms with Gasteiger partial charge in [0.15, 0.2) is 5.76 Å². The number of aliphatic hydroxyl groups excluding tert-OH is 1. The Labute approximate surface area is 220 Å². The normalized spacial score (nSPS) is 36.6. The molecule has 1 aromatic heterocycles. The maximum atomic E-state index is 12.9. The molecule has 4 fully saturated rings. The maximum Gasteiger partial charge on any atom is 1.00 e. The molecular formula is C28H34LiNO5-2. The second-order valence-corrected chi connectivity index (χ2v) is 10.3. The summed E-state index contributed by atoms with van der Waals surface area (Å²) in [5.41, 5.74) is -0.880. The third-order valence-electron chi connectivity index (χ3n) is 8.40. The monoisotopic (exact) mass is 471 g/mol. The minimum absolute atomic E-state index is 0. The summed E-state index contributed by atoms with van der Waals surface area (Å²) >= 11 is 0. The molecule has 35 heavy (non-hydrogen) atoms. The molecule has 1 aliphatic heterocycles. The molecule has 2 heterocycles. The van der Waals surface area contributed by atoms with E-state index in [0.717, 1.165) is 17.9 Å². The van der Waals surface area contributed by atoms with Crippen LogP contribution in [0.15, 0.2) is 52.8 Å². The number of allylic oxidation sites excluding steroid dienone is 3. The quantitative estimate of drug-likeness (QED) is 0.397. The summed E-state index contributed by atoms with van der Waals surface area (Å²) in [6, 6.07) is 1.55. The molecule has 3 saturated carbocycles. The molecule has 6 nitrogen and oxygen atoms in total. The molecule has 1 saturated heterocycles. The average molecular weight is 472 g/mol. The molecule has 4 aliphatic carbocycles. The van der Waals surface area contributed by atoms with E-state index in [0.29, 0.717) is 25.0 Å². The molecule has 7 heteroatoms. The first kappa shape index (κ1) is 26.2. The Morgan fingerprint density at radius 3 is 2.74 bits per heavy atom. The van der Waals surface area contributed by atoms with E-state index in [1.807, 2.05) is 12.5 Å². The van der Waals surface area contributed by atoms with Crippen LogP contribution in [0.25, 0.3) is 6.08 Å². The Morgan fingerprint density at radius 1 is 1.37 bits per heavy atom. The molecule has 1 amide bonds. The minimum atomic E-state index is -1.03. The number of ether oxygens (including phenoxy) is 1. The topological polar surface area (TPSA) is 83.1 Å². The predicted molar refractivity (Wildman–Crippen MR) is 129 cm³/mol. The number of furan rings is 1. The number of hydrogen-bond donors (Lipinski definition) is 2. The van der Waals surface area contributed by atoms with Gasteiger partial charge in [-0.15, -0.1) is 0 Å². The van der Waals surface area contributed by atoms with Crippen LogP contribution in [0.5, 0.6) is 0 Å². The Kier molecular flexibility index (Phi) is 7.40. The molecule has 6 atom stereocenters. The summed E-state index contributed by atoms with van der Waals surface area (Å²) in [4.78, 5) is 14.6. The van der Waals surface area contributed by atoms with Crippen LogP contribution in [0.4, 0.5) is 0 Å². The minimum Gasteiger partial charge on any atom is -0.504 e. The van der Waals surface area contributed by atoms with Crippen LogP contribution < -0.4 is 18.9 Å². The first-order chi connectivity index (χ1) is 16.3. The van der Waals surface area contributed by atoms with E-state index < -0.39 is 17.1 Å². The van der Waals surface area contributed by atoms with E-state index in [-0.39, 0.29) is 48.4 Å². The number of aliphatic hydroxyl groups is 2. The van der Waals surface area contributed by atoms with Crippen LogP contribution in [0.1, 0.15) is 44.1 Å². The molecule has 2 N–H and O–H groups in total. The largest absolute Gasteiger partial charge is 1.00 e. The van der Waals surface area contributed by atoms with Crippen LogP contribution >= 0.6 is 0 Å². The van der Waals surface area contributed by atoms with Gasteiger partial charge in [-0.2, -0.15) is 18.8 Å². The van der Waals surface area contributed by atoms with Crippen molar-refractivity contribution in [2.75, 3.05) is 7.05 Å². The van der Waals surface area contributed by atoms with Gasteiger partial charge >= 0.3 is 18.9 Å². The molecule has 0 bridgehead atoms. The summed E-state index contributed by atoms with van der Waals surface area (Å²) in [5.74, 6) is 1.38. The fourth-order valence-electron chi connectivity index (χ4n) is 6.30. The van der Waals surface area contributed by atoms with E-state index >= 15 is 0 Å². The SMILES string of the molecule is [CH2-]C1CC1.[CH2-]C[C@@]12C3C4=C(O)C=CC3C[CH-][C@]1(O)CC[C@@H](N(C)C(=O)/C=C/c1ccoc1)[C@@H]2O4.[Li+]. The van der Waals surface area contributed by atoms with Crippen molar-refractivity contribution in [1.82, 2.24) is 4.90 Å². The Bertz CT molecular complexity index is 1010. The number of hydrogen-bond acceptors (Lipinski definition) is 5. The molecule has 1 aromatic rings. The summed E-state index contributed by atoms with van der Waals surface area (Å²) in [7, 11) is 1.77. The maximum absolute atomic E-state index is 12.9. The summed E-state index contributed by atoms with van der Waals surface area (Å²) in [6.07, 6.45) is 16.8. The molecule has 0 aromatic carbocycles. The van der Waals surface area contributed by atoms with E-state index in [4.69, 9.17) is 9.15 Å². The smallest absolute Gasteiger partial charge is 0.504 e. The number of amides is 1. The van der Waals surface area contributed by atoms with Crippen LogP contribution in [0, 0.1) is 43.4 Å². The zero-order chi connectivity index (χ0) is 24.1. The second kappa shape index (κ2) is 9.88.